The summed E-state index contributed by atoms with van der Waals surface area (Å²) in [6, 6.07) is 0. The summed E-state index contributed by atoms with van der Waals surface area (Å²) >= 11 is 0. The van der Waals surface area contributed by atoms with E-state index in [0.717, 1.165) is 161 Å². The molecule has 0 aromatic carbocycles. The van der Waals surface area contributed by atoms with E-state index in [9.17, 15) is 14.4 Å². The number of carbonyl (C=O) groups is 3. The van der Waals surface area contributed by atoms with Crippen LogP contribution in [-0.2, 0) is 28.6 Å². The lowest BCUT2D eigenvalue weighted by Crippen LogP contribution is -2.30. The van der Waals surface area contributed by atoms with Crippen molar-refractivity contribution in [2.75, 3.05) is 13.2 Å². The molecule has 0 bridgehead atoms. The summed E-state index contributed by atoms with van der Waals surface area (Å²) in [5.41, 5.74) is 0. The SMILES string of the molecule is CC/C=C\C/C=C\C/C=C\C/C=C\C/C=C\C/C=C\C/C=C\C/C=C\CCCCC(=O)OCC(COC(=O)CCCCCCC/C=C\CCCCCCCC)OC(=O)CCCCCCCCC/C=C\C/C=C\C/C=C\C/C=C\C/C=C\CC. The van der Waals surface area contributed by atoms with Gasteiger partial charge in [-0.25, -0.2) is 0 Å². The standard InChI is InChI=1S/C77H122O6/c1-4-7-10-13-16-19-22-25-28-30-32-34-36-37-38-39-41-42-44-46-49-52-55-58-61-64-67-70-76(79)82-73-74(72-81-75(78)69-66-63-60-57-54-51-48-27-24-21-18-15-12-9-6-3)83-77(80)71-68-65-62-59-56-53-50-47-45-43-40-35-33-31-29-26-23-20-17-14-11-8-5-2/h7-8,10-11,16-17,19-20,25-29,32-35,37-38,41-43,45-46,48-49,55,58,74H,4-6,9,12-15,18,21-24,30-31,36,39-40,44,47,50-54,56-57,59-73H2,1-3H3/b10-7-,11-8-,19-16-,20-17-,28-25-,29-26-,34-32-,35-33-,38-37-,42-41-,45-43-,48-27-,49-46-,58-55-. The molecule has 0 heterocycles. The third-order valence-electron chi connectivity index (χ3n) is 13.7. The molecule has 6 nitrogen and oxygen atoms in total. The molecule has 0 rings (SSSR count). The number of hydrogen-bond acceptors (Lipinski definition) is 6. The van der Waals surface area contributed by atoms with Crippen LogP contribution in [0.1, 0.15) is 278 Å². The average molecular weight is 1140 g/mol. The van der Waals surface area contributed by atoms with Gasteiger partial charge in [-0.05, 0) is 154 Å². The lowest BCUT2D eigenvalue weighted by Gasteiger charge is -2.18. The molecule has 0 saturated carbocycles. The second kappa shape index (κ2) is 69.3. The first-order chi connectivity index (χ1) is 41.0. The number of esters is 3. The van der Waals surface area contributed by atoms with Crippen molar-refractivity contribution in [3.05, 3.63) is 170 Å². The van der Waals surface area contributed by atoms with Gasteiger partial charge < -0.3 is 14.2 Å². The largest absolute Gasteiger partial charge is 0.462 e. The van der Waals surface area contributed by atoms with Crippen molar-refractivity contribution in [3.8, 4) is 0 Å². The zero-order chi connectivity index (χ0) is 59.9. The van der Waals surface area contributed by atoms with Gasteiger partial charge in [-0.1, -0.05) is 274 Å². The Hall–Kier alpha value is -5.23. The second-order valence-electron chi connectivity index (χ2n) is 21.6. The number of unbranched alkanes of at least 4 members (excludes halogenated alkanes) is 20. The van der Waals surface area contributed by atoms with Crippen molar-refractivity contribution in [1.29, 1.82) is 0 Å². The van der Waals surface area contributed by atoms with Gasteiger partial charge in [0.05, 0.1) is 0 Å². The molecule has 1 atom stereocenters. The Morgan fingerprint density at radius 3 is 0.771 bits per heavy atom. The first-order valence-corrected chi connectivity index (χ1v) is 33.6. The highest BCUT2D eigenvalue weighted by atomic mass is 16.6. The minimum Gasteiger partial charge on any atom is -0.462 e. The van der Waals surface area contributed by atoms with E-state index in [0.29, 0.717) is 25.7 Å². The molecule has 0 aliphatic rings. The average Bonchev–Trinajstić information content (AvgIpc) is 3.49. The molecule has 466 valence electrons. The number of allylic oxidation sites excluding steroid dienone is 28. The Bertz CT molecular complexity index is 1890. The van der Waals surface area contributed by atoms with Crippen LogP contribution in [0.3, 0.4) is 0 Å². The van der Waals surface area contributed by atoms with E-state index in [4.69, 9.17) is 14.2 Å². The van der Waals surface area contributed by atoms with Crippen LogP contribution in [0.4, 0.5) is 0 Å². The molecule has 0 amide bonds. The fourth-order valence-corrected chi connectivity index (χ4v) is 8.71. The van der Waals surface area contributed by atoms with Gasteiger partial charge in [0, 0.05) is 19.3 Å². The molecule has 0 N–H and O–H groups in total. The number of ether oxygens (including phenoxy) is 3. The maximum Gasteiger partial charge on any atom is 0.306 e. The summed E-state index contributed by atoms with van der Waals surface area (Å²) in [4.78, 5) is 38.4. The number of hydrogen-bond donors (Lipinski definition) is 0. The van der Waals surface area contributed by atoms with E-state index in [1.54, 1.807) is 0 Å². The molecule has 0 aromatic heterocycles. The van der Waals surface area contributed by atoms with E-state index < -0.39 is 6.10 Å². The first-order valence-electron chi connectivity index (χ1n) is 33.6. The third kappa shape index (κ3) is 67.4. The summed E-state index contributed by atoms with van der Waals surface area (Å²) < 4.78 is 16.9. The lowest BCUT2D eigenvalue weighted by molar-refractivity contribution is -0.167. The molecule has 0 aliphatic heterocycles. The number of rotatable bonds is 59. The lowest BCUT2D eigenvalue weighted by atomic mass is 10.1. The van der Waals surface area contributed by atoms with Gasteiger partial charge in [0.1, 0.15) is 13.2 Å². The molecule has 0 radical (unpaired) electrons. The van der Waals surface area contributed by atoms with Crippen molar-refractivity contribution in [1.82, 2.24) is 0 Å². The molecule has 0 aliphatic carbocycles. The maximum absolute atomic E-state index is 12.9. The van der Waals surface area contributed by atoms with Gasteiger partial charge in [-0.2, -0.15) is 0 Å². The van der Waals surface area contributed by atoms with Crippen molar-refractivity contribution in [2.45, 2.75) is 284 Å². The van der Waals surface area contributed by atoms with Gasteiger partial charge in [0.25, 0.3) is 0 Å². The normalized spacial score (nSPS) is 13.2. The Morgan fingerprint density at radius 2 is 0.470 bits per heavy atom. The van der Waals surface area contributed by atoms with Crippen LogP contribution in [0, 0.1) is 0 Å². The van der Waals surface area contributed by atoms with E-state index >= 15 is 0 Å². The predicted molar refractivity (Wildman–Crippen MR) is 361 cm³/mol. The van der Waals surface area contributed by atoms with Crippen LogP contribution in [0.5, 0.6) is 0 Å². The van der Waals surface area contributed by atoms with Crippen LogP contribution in [-0.4, -0.2) is 37.2 Å². The van der Waals surface area contributed by atoms with E-state index in [-0.39, 0.29) is 31.1 Å². The van der Waals surface area contributed by atoms with Crippen molar-refractivity contribution in [3.63, 3.8) is 0 Å². The molecule has 0 spiro atoms. The molecule has 6 heteroatoms. The Labute approximate surface area is 511 Å². The maximum atomic E-state index is 12.9. The van der Waals surface area contributed by atoms with Gasteiger partial charge in [-0.15, -0.1) is 0 Å². The molecule has 1 unspecified atom stereocenters. The van der Waals surface area contributed by atoms with Crippen LogP contribution >= 0.6 is 0 Å². The number of carbonyl (C=O) groups excluding carboxylic acids is 3. The highest BCUT2D eigenvalue weighted by Crippen LogP contribution is 2.14. The summed E-state index contributed by atoms with van der Waals surface area (Å²) in [7, 11) is 0. The molecular formula is C77H122O6. The molecule has 0 fully saturated rings. The smallest absolute Gasteiger partial charge is 0.306 e. The minimum atomic E-state index is -0.817. The summed E-state index contributed by atoms with van der Waals surface area (Å²) in [5.74, 6) is -0.974. The van der Waals surface area contributed by atoms with E-state index in [1.165, 1.54) is 70.6 Å². The monoisotopic (exact) mass is 1140 g/mol. The van der Waals surface area contributed by atoms with Gasteiger partial charge in [0.15, 0.2) is 6.10 Å². The second-order valence-corrected chi connectivity index (χ2v) is 21.6. The Morgan fingerprint density at radius 1 is 0.253 bits per heavy atom. The van der Waals surface area contributed by atoms with Crippen LogP contribution in [0.25, 0.3) is 0 Å². The summed E-state index contributed by atoms with van der Waals surface area (Å²) in [6.45, 7) is 6.36. The van der Waals surface area contributed by atoms with Crippen molar-refractivity contribution >= 4 is 17.9 Å². The van der Waals surface area contributed by atoms with E-state index in [2.05, 4.69) is 191 Å². The molecule has 0 saturated heterocycles. The van der Waals surface area contributed by atoms with Crippen molar-refractivity contribution in [2.24, 2.45) is 0 Å². The third-order valence-corrected chi connectivity index (χ3v) is 13.7. The van der Waals surface area contributed by atoms with Crippen LogP contribution in [0.15, 0.2) is 170 Å². The molecule has 83 heavy (non-hydrogen) atoms. The predicted octanol–water partition coefficient (Wildman–Crippen LogP) is 23.4. The van der Waals surface area contributed by atoms with Gasteiger partial charge in [0.2, 0.25) is 0 Å². The van der Waals surface area contributed by atoms with Crippen LogP contribution in [0.2, 0.25) is 0 Å². The quantitative estimate of drug-likeness (QED) is 0.0261. The summed E-state index contributed by atoms with van der Waals surface area (Å²) in [6.07, 6.45) is 102. The Kier molecular flexibility index (Phi) is 64.9. The van der Waals surface area contributed by atoms with Crippen molar-refractivity contribution < 1.29 is 28.6 Å². The highest BCUT2D eigenvalue weighted by Gasteiger charge is 2.19. The van der Waals surface area contributed by atoms with E-state index in [1.807, 2.05) is 0 Å². The molecule has 0 aromatic rings. The van der Waals surface area contributed by atoms with Gasteiger partial charge in [-0.3, -0.25) is 14.4 Å². The topological polar surface area (TPSA) is 78.9 Å². The zero-order valence-electron chi connectivity index (χ0n) is 53.4. The molecular weight excluding hydrogens is 1020 g/mol. The fourth-order valence-electron chi connectivity index (χ4n) is 8.71. The first kappa shape index (κ1) is 77.8. The van der Waals surface area contributed by atoms with Crippen LogP contribution < -0.4 is 0 Å². The summed E-state index contributed by atoms with van der Waals surface area (Å²) in [5, 5.41) is 0. The minimum absolute atomic E-state index is 0.108. The fraction of sp³-hybridized carbons (Fsp3) is 0.597. The highest BCUT2D eigenvalue weighted by molar-refractivity contribution is 5.71. The zero-order valence-corrected chi connectivity index (χ0v) is 53.4. The van der Waals surface area contributed by atoms with Gasteiger partial charge >= 0.3 is 17.9 Å². The Balaban J connectivity index is 4.51.